The molecule has 0 spiro atoms. The Balaban J connectivity index is 1.60. The largest absolute Gasteiger partial charge is 0.469 e. The minimum Gasteiger partial charge on any atom is -0.469 e. The maximum Gasteiger partial charge on any atom is 0.416 e. The molecule has 4 heterocycles. The predicted molar refractivity (Wildman–Crippen MR) is 123 cm³/mol. The first kappa shape index (κ1) is 24.4. The third-order valence-electron chi connectivity index (χ3n) is 5.92. The molecule has 188 valence electrons. The average molecular weight is 539 g/mol. The van der Waals surface area contributed by atoms with E-state index in [-0.39, 0.29) is 18.8 Å². The zero-order valence-corrected chi connectivity index (χ0v) is 20.1. The van der Waals surface area contributed by atoms with Crippen molar-refractivity contribution in [2.24, 2.45) is 5.92 Å². The number of nitrogens with zero attached hydrogens (tertiary/aromatic N) is 2. The number of alkyl halides is 3. The molecule has 1 fully saturated rings. The summed E-state index contributed by atoms with van der Waals surface area (Å²) in [6.45, 7) is 1.36. The first-order chi connectivity index (χ1) is 17.1. The van der Waals surface area contributed by atoms with Crippen LogP contribution in [0.5, 0.6) is 0 Å². The number of thioether (sulfide) groups is 1. The average Bonchev–Trinajstić information content (AvgIpc) is 3.51. The number of halogens is 3. The lowest BCUT2D eigenvalue weighted by Gasteiger charge is -2.28. The zero-order chi connectivity index (χ0) is 25.8. The summed E-state index contributed by atoms with van der Waals surface area (Å²) in [5.41, 5.74) is -1.19. The van der Waals surface area contributed by atoms with E-state index in [0.717, 1.165) is 46.2 Å². The Labute approximate surface area is 209 Å². The minimum absolute atomic E-state index is 0.117. The van der Waals surface area contributed by atoms with E-state index in [0.29, 0.717) is 15.7 Å². The van der Waals surface area contributed by atoms with Crippen LogP contribution in [-0.2, 0) is 31.8 Å². The lowest BCUT2D eigenvalue weighted by molar-refractivity contribution is -0.144. The van der Waals surface area contributed by atoms with E-state index in [1.807, 2.05) is 0 Å². The molecular formula is C23H17F3N2O6S2. The molecule has 1 saturated heterocycles. The number of fused-ring (bicyclic) bond motifs is 2. The van der Waals surface area contributed by atoms with Gasteiger partial charge < -0.3 is 9.15 Å². The topological polar surface area (TPSA) is 98.8 Å². The molecule has 0 aliphatic carbocycles. The van der Waals surface area contributed by atoms with Crippen LogP contribution in [0, 0.1) is 5.92 Å². The molecule has 1 aromatic carbocycles. The molecule has 2 unspecified atom stereocenters. The number of esters is 1. The summed E-state index contributed by atoms with van der Waals surface area (Å²) in [4.78, 5) is 52.7. The van der Waals surface area contributed by atoms with E-state index in [4.69, 9.17) is 9.15 Å². The van der Waals surface area contributed by atoms with Gasteiger partial charge in [0.2, 0.25) is 11.8 Å². The number of aromatic nitrogens is 1. The van der Waals surface area contributed by atoms with Crippen molar-refractivity contribution >= 4 is 46.6 Å². The Morgan fingerprint density at radius 3 is 2.58 bits per heavy atom. The highest BCUT2D eigenvalue weighted by molar-refractivity contribution is 8.00. The predicted octanol–water partition coefficient (Wildman–Crippen LogP) is 3.88. The monoisotopic (exact) mass is 538 g/mol. The lowest BCUT2D eigenvalue weighted by atomic mass is 9.87. The van der Waals surface area contributed by atoms with Gasteiger partial charge in [-0.2, -0.15) is 13.2 Å². The molecule has 0 saturated carbocycles. The Kier molecular flexibility index (Phi) is 6.07. The summed E-state index contributed by atoms with van der Waals surface area (Å²) in [5.74, 6) is -3.58. The van der Waals surface area contributed by atoms with Gasteiger partial charge in [0.05, 0.1) is 45.9 Å². The fourth-order valence-corrected chi connectivity index (χ4v) is 7.19. The quantitative estimate of drug-likeness (QED) is 0.359. The van der Waals surface area contributed by atoms with Gasteiger partial charge in [0.15, 0.2) is 0 Å². The highest BCUT2D eigenvalue weighted by atomic mass is 32.2. The van der Waals surface area contributed by atoms with Crippen LogP contribution in [0.2, 0.25) is 0 Å². The molecule has 8 nitrogen and oxygen atoms in total. The number of carbonyl (C=O) groups excluding carboxylic acids is 3. The van der Waals surface area contributed by atoms with Crippen molar-refractivity contribution in [3.05, 3.63) is 68.5 Å². The van der Waals surface area contributed by atoms with Gasteiger partial charge in [-0.3, -0.25) is 23.7 Å². The van der Waals surface area contributed by atoms with Crippen molar-refractivity contribution < 1.29 is 36.7 Å². The van der Waals surface area contributed by atoms with Gasteiger partial charge in [-0.05, 0) is 37.3 Å². The van der Waals surface area contributed by atoms with Gasteiger partial charge in [0.25, 0.3) is 0 Å². The van der Waals surface area contributed by atoms with Crippen LogP contribution in [-0.4, -0.2) is 34.2 Å². The Hall–Kier alpha value is -3.32. The Bertz CT molecular complexity index is 1410. The zero-order valence-electron chi connectivity index (χ0n) is 18.5. The van der Waals surface area contributed by atoms with E-state index in [9.17, 15) is 32.3 Å². The van der Waals surface area contributed by atoms with Gasteiger partial charge in [0.1, 0.15) is 17.6 Å². The molecule has 2 aromatic heterocycles. The highest BCUT2D eigenvalue weighted by Gasteiger charge is 2.57. The molecule has 3 aromatic rings. The van der Waals surface area contributed by atoms with Crippen molar-refractivity contribution in [3.63, 3.8) is 0 Å². The standard InChI is InChI=1S/C23H17F3N2O6S2/c1-2-33-14(29)10-27-21-18(36-22(27)32)15(13-7-4-8-34-13)16-17(35-21)20(31)28(19(16)30)12-6-3-5-11(9-12)23(24,25)26/h3-9,15-17H,2,10H2,1H3/t15-,16?,17?/m1/s1. The number of rotatable bonds is 5. The first-order valence-corrected chi connectivity index (χ1v) is 12.5. The second-order valence-electron chi connectivity index (χ2n) is 8.05. The Morgan fingerprint density at radius 2 is 1.92 bits per heavy atom. The molecule has 2 amide bonds. The summed E-state index contributed by atoms with van der Waals surface area (Å²) in [6.07, 6.45) is -3.27. The molecule has 2 aliphatic rings. The molecule has 0 bridgehead atoms. The van der Waals surface area contributed by atoms with E-state index >= 15 is 0 Å². The maximum atomic E-state index is 13.6. The number of imide groups is 1. The molecule has 0 radical (unpaired) electrons. The van der Waals surface area contributed by atoms with Crippen LogP contribution in [0.1, 0.15) is 29.0 Å². The van der Waals surface area contributed by atoms with Crippen LogP contribution >= 0.6 is 23.1 Å². The summed E-state index contributed by atoms with van der Waals surface area (Å²) in [7, 11) is 0. The van der Waals surface area contributed by atoms with Gasteiger partial charge in [-0.25, -0.2) is 4.90 Å². The smallest absolute Gasteiger partial charge is 0.416 e. The van der Waals surface area contributed by atoms with E-state index in [1.165, 1.54) is 16.9 Å². The fraction of sp³-hybridized carbons (Fsp3) is 0.304. The van der Waals surface area contributed by atoms with Crippen LogP contribution in [0.15, 0.2) is 56.9 Å². The van der Waals surface area contributed by atoms with Crippen LogP contribution in [0.4, 0.5) is 18.9 Å². The van der Waals surface area contributed by atoms with Crippen molar-refractivity contribution in [3.8, 4) is 0 Å². The normalized spacial score (nSPS) is 21.4. The van der Waals surface area contributed by atoms with Crippen LogP contribution in [0.25, 0.3) is 0 Å². The minimum atomic E-state index is -4.66. The van der Waals surface area contributed by atoms with Crippen molar-refractivity contribution in [2.45, 2.75) is 35.8 Å². The van der Waals surface area contributed by atoms with E-state index < -0.39 is 51.5 Å². The van der Waals surface area contributed by atoms with E-state index in [2.05, 4.69) is 0 Å². The summed E-state index contributed by atoms with van der Waals surface area (Å²) < 4.78 is 51.6. The molecule has 0 N–H and O–H groups in total. The number of anilines is 1. The third-order valence-corrected chi connectivity index (χ3v) is 8.53. The van der Waals surface area contributed by atoms with Crippen molar-refractivity contribution in [2.75, 3.05) is 11.5 Å². The van der Waals surface area contributed by atoms with Gasteiger partial charge >= 0.3 is 17.0 Å². The number of hydrogen-bond donors (Lipinski definition) is 0. The summed E-state index contributed by atoms with van der Waals surface area (Å²) >= 11 is 1.77. The maximum absolute atomic E-state index is 13.6. The third kappa shape index (κ3) is 3.95. The number of thiazole rings is 1. The van der Waals surface area contributed by atoms with Crippen molar-refractivity contribution in [1.29, 1.82) is 0 Å². The number of benzene rings is 1. The molecule has 5 rings (SSSR count). The summed E-state index contributed by atoms with van der Waals surface area (Å²) in [6, 6.07) is 7.20. The Morgan fingerprint density at radius 1 is 1.14 bits per heavy atom. The molecule has 36 heavy (non-hydrogen) atoms. The molecular weight excluding hydrogens is 521 g/mol. The number of ether oxygens (including phenoxy) is 1. The second kappa shape index (κ2) is 8.96. The highest BCUT2D eigenvalue weighted by Crippen LogP contribution is 2.54. The van der Waals surface area contributed by atoms with E-state index in [1.54, 1.807) is 19.1 Å². The number of furan rings is 1. The summed E-state index contributed by atoms with van der Waals surface area (Å²) in [5, 5.41) is -0.718. The van der Waals surface area contributed by atoms with Crippen LogP contribution in [0.3, 0.4) is 0 Å². The van der Waals surface area contributed by atoms with Gasteiger partial charge in [0, 0.05) is 0 Å². The lowest BCUT2D eigenvalue weighted by Crippen LogP contribution is -2.32. The van der Waals surface area contributed by atoms with Crippen molar-refractivity contribution in [1.82, 2.24) is 4.57 Å². The fourth-order valence-electron chi connectivity index (χ4n) is 4.44. The molecule has 13 heteroatoms. The number of carbonyl (C=O) groups is 3. The second-order valence-corrected chi connectivity index (χ2v) is 10.2. The van der Waals surface area contributed by atoms with Crippen LogP contribution < -0.4 is 9.77 Å². The van der Waals surface area contributed by atoms with Gasteiger partial charge in [-0.15, -0.1) is 0 Å². The number of hydrogen-bond acceptors (Lipinski definition) is 8. The van der Waals surface area contributed by atoms with Gasteiger partial charge in [-0.1, -0.05) is 29.2 Å². The SMILES string of the molecule is CCOC(=O)Cn1c2c(sc1=O)[C@H](c1ccco1)C1C(=O)N(c3cccc(C(F)(F)F)c3)C(=O)C1S2. The first-order valence-electron chi connectivity index (χ1n) is 10.8. The molecule has 2 aliphatic heterocycles. The molecule has 3 atom stereocenters. The number of amides is 2.